The first-order valence-electron chi connectivity index (χ1n) is 8.50. The molecule has 0 spiro atoms. The lowest BCUT2D eigenvalue weighted by Gasteiger charge is -2.11. The zero-order valence-corrected chi connectivity index (χ0v) is 14.6. The van der Waals surface area contributed by atoms with Gasteiger partial charge in [-0.05, 0) is 47.9 Å². The Labute approximate surface area is 152 Å². The number of hydrogen-bond donors (Lipinski definition) is 2. The van der Waals surface area contributed by atoms with Crippen LogP contribution >= 0.6 is 0 Å². The van der Waals surface area contributed by atoms with Crippen molar-refractivity contribution in [2.45, 2.75) is 19.9 Å². The fourth-order valence-electron chi connectivity index (χ4n) is 2.63. The lowest BCUT2D eigenvalue weighted by atomic mass is 10.1. The number of para-hydroxylation sites is 1. The molecular formula is C21H21N3O2. The largest absolute Gasteiger partial charge is 0.457 e. The van der Waals surface area contributed by atoms with Gasteiger partial charge in [-0.3, -0.25) is 4.79 Å². The van der Waals surface area contributed by atoms with E-state index in [1.54, 1.807) is 18.3 Å². The summed E-state index contributed by atoms with van der Waals surface area (Å²) in [6, 6.07) is 19.0. The lowest BCUT2D eigenvalue weighted by molar-refractivity contribution is 0.0951. The number of rotatable bonds is 6. The smallest absolute Gasteiger partial charge is 0.255 e. The third kappa shape index (κ3) is 4.19. The summed E-state index contributed by atoms with van der Waals surface area (Å²) in [5.41, 5.74) is 8.20. The van der Waals surface area contributed by atoms with Crippen LogP contribution in [0.5, 0.6) is 11.5 Å². The maximum absolute atomic E-state index is 12.2. The first-order valence-corrected chi connectivity index (χ1v) is 8.50. The number of nitrogen functional groups attached to an aromatic ring is 1. The van der Waals surface area contributed by atoms with Crippen molar-refractivity contribution in [3.63, 3.8) is 0 Å². The summed E-state index contributed by atoms with van der Waals surface area (Å²) in [5, 5.41) is 2.86. The zero-order valence-electron chi connectivity index (χ0n) is 14.6. The van der Waals surface area contributed by atoms with E-state index in [-0.39, 0.29) is 11.7 Å². The molecule has 0 aliphatic rings. The maximum atomic E-state index is 12.2. The highest BCUT2D eigenvalue weighted by molar-refractivity contribution is 5.98. The molecule has 132 valence electrons. The number of pyridine rings is 1. The minimum absolute atomic E-state index is 0.221. The van der Waals surface area contributed by atoms with Crippen molar-refractivity contribution in [2.75, 3.05) is 5.73 Å². The molecule has 0 unspecified atom stereocenters. The zero-order chi connectivity index (χ0) is 18.4. The van der Waals surface area contributed by atoms with E-state index < -0.39 is 0 Å². The Hall–Kier alpha value is -3.34. The summed E-state index contributed by atoms with van der Waals surface area (Å²) < 4.78 is 6.01. The van der Waals surface area contributed by atoms with Crippen LogP contribution in [-0.2, 0) is 13.0 Å². The van der Waals surface area contributed by atoms with Crippen molar-refractivity contribution in [2.24, 2.45) is 0 Å². The van der Waals surface area contributed by atoms with Gasteiger partial charge in [0, 0.05) is 12.7 Å². The van der Waals surface area contributed by atoms with Gasteiger partial charge in [0.15, 0.2) is 0 Å². The van der Waals surface area contributed by atoms with Gasteiger partial charge in [-0.2, -0.15) is 0 Å². The lowest BCUT2D eigenvalue weighted by Crippen LogP contribution is -2.24. The first kappa shape index (κ1) is 17.5. The number of aryl methyl sites for hydroxylation is 1. The van der Waals surface area contributed by atoms with Gasteiger partial charge >= 0.3 is 0 Å². The Bertz CT molecular complexity index is 909. The second kappa shape index (κ2) is 8.16. The van der Waals surface area contributed by atoms with E-state index in [0.29, 0.717) is 12.1 Å². The number of ether oxygens (including phenoxy) is 1. The third-order valence-corrected chi connectivity index (χ3v) is 4.02. The number of amides is 1. The van der Waals surface area contributed by atoms with Crippen molar-refractivity contribution in [3.05, 3.63) is 83.6 Å². The first-order chi connectivity index (χ1) is 12.7. The Morgan fingerprint density at radius 3 is 2.77 bits per heavy atom. The molecule has 0 fully saturated rings. The van der Waals surface area contributed by atoms with Crippen molar-refractivity contribution < 1.29 is 9.53 Å². The van der Waals surface area contributed by atoms with Gasteiger partial charge < -0.3 is 15.8 Å². The highest BCUT2D eigenvalue weighted by Crippen LogP contribution is 2.26. The number of carbonyl (C=O) groups excluding carboxylic acids is 1. The molecule has 26 heavy (non-hydrogen) atoms. The monoisotopic (exact) mass is 347 g/mol. The molecule has 3 aromatic rings. The van der Waals surface area contributed by atoms with E-state index in [9.17, 15) is 4.79 Å². The quantitative estimate of drug-likeness (QED) is 0.708. The van der Waals surface area contributed by atoms with E-state index >= 15 is 0 Å². The van der Waals surface area contributed by atoms with Crippen LogP contribution in [0.3, 0.4) is 0 Å². The van der Waals surface area contributed by atoms with Gasteiger partial charge in [0.25, 0.3) is 5.91 Å². The van der Waals surface area contributed by atoms with Gasteiger partial charge in [-0.15, -0.1) is 0 Å². The van der Waals surface area contributed by atoms with E-state index in [4.69, 9.17) is 10.5 Å². The number of nitrogens with two attached hydrogens (primary N) is 1. The molecule has 3 N–H and O–H groups in total. The van der Waals surface area contributed by atoms with Crippen molar-refractivity contribution >= 4 is 11.7 Å². The SMILES string of the molecule is CCc1ccccc1Oc1cccc(CNC(=O)c2cccnc2N)c1. The van der Waals surface area contributed by atoms with E-state index in [0.717, 1.165) is 29.0 Å². The highest BCUT2D eigenvalue weighted by atomic mass is 16.5. The van der Waals surface area contributed by atoms with Crippen LogP contribution in [0.15, 0.2) is 66.9 Å². The van der Waals surface area contributed by atoms with Gasteiger partial charge in [-0.1, -0.05) is 37.3 Å². The molecular weight excluding hydrogens is 326 g/mol. The molecule has 1 amide bonds. The van der Waals surface area contributed by atoms with Crippen LogP contribution in [0.4, 0.5) is 5.82 Å². The number of hydrogen-bond acceptors (Lipinski definition) is 4. The van der Waals surface area contributed by atoms with Gasteiger partial charge in [0.05, 0.1) is 5.56 Å². The van der Waals surface area contributed by atoms with Crippen LogP contribution in [0, 0.1) is 0 Å². The molecule has 0 aliphatic heterocycles. The molecule has 3 rings (SSSR count). The normalized spacial score (nSPS) is 10.3. The number of anilines is 1. The summed E-state index contributed by atoms with van der Waals surface area (Å²) in [7, 11) is 0. The predicted molar refractivity (Wildman–Crippen MR) is 102 cm³/mol. The Morgan fingerprint density at radius 2 is 1.96 bits per heavy atom. The molecule has 5 nitrogen and oxygen atoms in total. The summed E-state index contributed by atoms with van der Waals surface area (Å²) in [6.45, 7) is 2.47. The molecule has 0 saturated carbocycles. The van der Waals surface area contributed by atoms with Gasteiger partial charge in [-0.25, -0.2) is 4.98 Å². The number of aromatic nitrogens is 1. The van der Waals surface area contributed by atoms with Crippen molar-refractivity contribution in [1.29, 1.82) is 0 Å². The number of nitrogens with zero attached hydrogens (tertiary/aromatic N) is 1. The van der Waals surface area contributed by atoms with Gasteiger partial charge in [0.1, 0.15) is 17.3 Å². The fourth-order valence-corrected chi connectivity index (χ4v) is 2.63. The summed E-state index contributed by atoms with van der Waals surface area (Å²) in [5.74, 6) is 1.55. The van der Waals surface area contributed by atoms with Crippen LogP contribution < -0.4 is 15.8 Å². The Kier molecular flexibility index (Phi) is 5.49. The van der Waals surface area contributed by atoms with E-state index in [1.807, 2.05) is 42.5 Å². The van der Waals surface area contributed by atoms with E-state index in [1.165, 1.54) is 0 Å². The fraction of sp³-hybridized carbons (Fsp3) is 0.143. The molecule has 0 radical (unpaired) electrons. The standard InChI is InChI=1S/C21H21N3O2/c1-2-16-8-3-4-11-19(16)26-17-9-5-7-15(13-17)14-24-21(25)18-10-6-12-23-20(18)22/h3-13H,2,14H2,1H3,(H2,22,23)(H,24,25). The van der Waals surface area contributed by atoms with Gasteiger partial charge in [0.2, 0.25) is 0 Å². The second-order valence-corrected chi connectivity index (χ2v) is 5.83. The summed E-state index contributed by atoms with van der Waals surface area (Å²) in [4.78, 5) is 16.2. The van der Waals surface area contributed by atoms with Crippen LogP contribution in [-0.4, -0.2) is 10.9 Å². The topological polar surface area (TPSA) is 77.2 Å². The van der Waals surface area contributed by atoms with E-state index in [2.05, 4.69) is 23.3 Å². The predicted octanol–water partition coefficient (Wildman–Crippen LogP) is 3.95. The summed E-state index contributed by atoms with van der Waals surface area (Å²) >= 11 is 0. The minimum Gasteiger partial charge on any atom is -0.457 e. The number of benzene rings is 2. The molecule has 1 heterocycles. The molecule has 1 aromatic heterocycles. The third-order valence-electron chi connectivity index (χ3n) is 4.02. The van der Waals surface area contributed by atoms with Crippen LogP contribution in [0.25, 0.3) is 0 Å². The van der Waals surface area contributed by atoms with Crippen molar-refractivity contribution in [1.82, 2.24) is 10.3 Å². The Balaban J connectivity index is 1.68. The highest BCUT2D eigenvalue weighted by Gasteiger charge is 2.10. The number of nitrogens with one attached hydrogen (secondary N) is 1. The minimum atomic E-state index is -0.252. The molecule has 2 aromatic carbocycles. The molecule has 5 heteroatoms. The maximum Gasteiger partial charge on any atom is 0.255 e. The van der Waals surface area contributed by atoms with Crippen molar-refractivity contribution in [3.8, 4) is 11.5 Å². The molecule has 0 bridgehead atoms. The average Bonchev–Trinajstić information content (AvgIpc) is 2.67. The van der Waals surface area contributed by atoms with Crippen LogP contribution in [0.1, 0.15) is 28.4 Å². The molecule has 0 atom stereocenters. The molecule has 0 saturated heterocycles. The second-order valence-electron chi connectivity index (χ2n) is 5.83. The molecule has 0 aliphatic carbocycles. The summed E-state index contributed by atoms with van der Waals surface area (Å²) in [6.07, 6.45) is 2.46. The Morgan fingerprint density at radius 1 is 1.12 bits per heavy atom. The van der Waals surface area contributed by atoms with Crippen LogP contribution in [0.2, 0.25) is 0 Å². The number of carbonyl (C=O) groups is 1. The average molecular weight is 347 g/mol.